The summed E-state index contributed by atoms with van der Waals surface area (Å²) in [6, 6.07) is 0.141. The van der Waals surface area contributed by atoms with Gasteiger partial charge in [0, 0.05) is 25.7 Å². The second kappa shape index (κ2) is 4.66. The third-order valence-corrected chi connectivity index (χ3v) is 4.60. The summed E-state index contributed by atoms with van der Waals surface area (Å²) in [6.07, 6.45) is 1.77. The molecule has 0 aromatic carbocycles. The fraction of sp³-hybridized carbons (Fsp3) is 0.923. The van der Waals surface area contributed by atoms with Crippen LogP contribution in [-0.2, 0) is 4.79 Å². The van der Waals surface area contributed by atoms with Gasteiger partial charge in [0.2, 0.25) is 5.91 Å². The number of likely N-dealkylation sites (tertiary alicyclic amines) is 3. The van der Waals surface area contributed by atoms with Gasteiger partial charge in [-0.05, 0) is 26.4 Å². The molecule has 3 saturated heterocycles. The van der Waals surface area contributed by atoms with Gasteiger partial charge in [0.25, 0.3) is 5.92 Å². The van der Waals surface area contributed by atoms with Gasteiger partial charge < -0.3 is 9.80 Å². The van der Waals surface area contributed by atoms with Crippen molar-refractivity contribution in [2.24, 2.45) is 5.92 Å². The molecule has 3 rings (SSSR count). The van der Waals surface area contributed by atoms with Crippen molar-refractivity contribution in [1.82, 2.24) is 14.7 Å². The van der Waals surface area contributed by atoms with E-state index in [-0.39, 0.29) is 31.0 Å². The van der Waals surface area contributed by atoms with Crippen LogP contribution in [-0.4, -0.2) is 78.9 Å². The topological polar surface area (TPSA) is 26.8 Å². The van der Waals surface area contributed by atoms with Crippen LogP contribution in [0.5, 0.6) is 0 Å². The van der Waals surface area contributed by atoms with Crippen LogP contribution in [0.25, 0.3) is 0 Å². The Morgan fingerprint density at radius 1 is 1.16 bits per heavy atom. The highest BCUT2D eigenvalue weighted by atomic mass is 19.3. The number of rotatable bonds is 2. The predicted molar refractivity (Wildman–Crippen MR) is 67.1 cm³/mol. The molecule has 0 aliphatic carbocycles. The van der Waals surface area contributed by atoms with Gasteiger partial charge in [0.05, 0.1) is 19.0 Å². The Morgan fingerprint density at radius 3 is 2.47 bits per heavy atom. The van der Waals surface area contributed by atoms with Crippen molar-refractivity contribution in [1.29, 1.82) is 0 Å². The van der Waals surface area contributed by atoms with E-state index in [0.29, 0.717) is 6.54 Å². The molecule has 0 aromatic rings. The first kappa shape index (κ1) is 13.2. The largest absolute Gasteiger partial charge is 0.341 e. The molecule has 3 aliphatic rings. The highest BCUT2D eigenvalue weighted by Gasteiger charge is 2.48. The van der Waals surface area contributed by atoms with Gasteiger partial charge in [-0.1, -0.05) is 0 Å². The van der Waals surface area contributed by atoms with Crippen LogP contribution in [0.15, 0.2) is 0 Å². The van der Waals surface area contributed by atoms with Crippen LogP contribution in [0.3, 0.4) is 0 Å². The molecule has 0 bridgehead atoms. The van der Waals surface area contributed by atoms with E-state index >= 15 is 0 Å². The van der Waals surface area contributed by atoms with Crippen LogP contribution in [0.1, 0.15) is 12.8 Å². The van der Waals surface area contributed by atoms with Crippen molar-refractivity contribution in [2.45, 2.75) is 24.8 Å². The zero-order chi connectivity index (χ0) is 13.6. The fourth-order valence-corrected chi connectivity index (χ4v) is 3.44. The first-order valence-corrected chi connectivity index (χ1v) is 7.04. The molecule has 4 nitrogen and oxygen atoms in total. The highest BCUT2D eigenvalue weighted by molar-refractivity contribution is 5.79. The maximum atomic E-state index is 12.9. The van der Waals surface area contributed by atoms with E-state index in [9.17, 15) is 13.6 Å². The zero-order valence-electron chi connectivity index (χ0n) is 11.3. The quantitative estimate of drug-likeness (QED) is 0.732. The molecular formula is C13H21F2N3O. The van der Waals surface area contributed by atoms with Gasteiger partial charge in [0.1, 0.15) is 0 Å². The third kappa shape index (κ3) is 2.60. The maximum Gasteiger partial charge on any atom is 0.272 e. The van der Waals surface area contributed by atoms with Crippen LogP contribution in [0.4, 0.5) is 8.78 Å². The van der Waals surface area contributed by atoms with Crippen LogP contribution in [0, 0.1) is 5.92 Å². The van der Waals surface area contributed by atoms with E-state index in [0.717, 1.165) is 32.5 Å². The Hall–Kier alpha value is -0.750. The second-order valence-electron chi connectivity index (χ2n) is 6.24. The first-order valence-electron chi connectivity index (χ1n) is 7.04. The Morgan fingerprint density at radius 2 is 1.89 bits per heavy atom. The summed E-state index contributed by atoms with van der Waals surface area (Å²) in [4.78, 5) is 18.2. The molecule has 3 fully saturated rings. The summed E-state index contributed by atoms with van der Waals surface area (Å²) in [6.45, 7) is 2.91. The lowest BCUT2D eigenvalue weighted by Gasteiger charge is -2.42. The van der Waals surface area contributed by atoms with E-state index in [4.69, 9.17) is 0 Å². The van der Waals surface area contributed by atoms with Crippen LogP contribution >= 0.6 is 0 Å². The number of halogens is 2. The third-order valence-electron chi connectivity index (χ3n) is 4.60. The molecule has 3 heterocycles. The Kier molecular flexibility index (Phi) is 3.25. The van der Waals surface area contributed by atoms with Crippen LogP contribution in [0.2, 0.25) is 0 Å². The van der Waals surface area contributed by atoms with Crippen molar-refractivity contribution in [3.8, 4) is 0 Å². The molecule has 6 heteroatoms. The number of alkyl halides is 2. The minimum absolute atomic E-state index is 0.113. The monoisotopic (exact) mass is 273 g/mol. The van der Waals surface area contributed by atoms with Crippen molar-refractivity contribution < 1.29 is 13.6 Å². The summed E-state index contributed by atoms with van der Waals surface area (Å²) in [5.74, 6) is -2.17. The zero-order valence-corrected chi connectivity index (χ0v) is 11.3. The molecule has 0 radical (unpaired) electrons. The number of hydrogen-bond donors (Lipinski definition) is 0. The van der Waals surface area contributed by atoms with Gasteiger partial charge in [0.15, 0.2) is 0 Å². The second-order valence-corrected chi connectivity index (χ2v) is 6.24. The number of hydrogen-bond acceptors (Lipinski definition) is 3. The molecule has 2 atom stereocenters. The van der Waals surface area contributed by atoms with Gasteiger partial charge in [-0.15, -0.1) is 0 Å². The van der Waals surface area contributed by atoms with Gasteiger partial charge in [-0.2, -0.15) is 0 Å². The average Bonchev–Trinajstić information content (AvgIpc) is 2.93. The lowest BCUT2D eigenvalue weighted by atomic mass is 10.1. The number of nitrogens with zero attached hydrogens (tertiary/aromatic N) is 3. The molecule has 108 valence electrons. The Labute approximate surface area is 112 Å². The Balaban J connectivity index is 1.50. The minimum atomic E-state index is -2.51. The summed E-state index contributed by atoms with van der Waals surface area (Å²) in [5.41, 5.74) is 0. The van der Waals surface area contributed by atoms with Crippen molar-refractivity contribution in [3.05, 3.63) is 0 Å². The number of amides is 1. The van der Waals surface area contributed by atoms with E-state index in [1.165, 1.54) is 0 Å². The van der Waals surface area contributed by atoms with E-state index in [2.05, 4.69) is 4.90 Å². The number of carbonyl (C=O) groups excluding carboxylic acids is 1. The summed E-state index contributed by atoms with van der Waals surface area (Å²) >= 11 is 0. The SMILES string of the molecule is CN1CCC(C(=O)N2CC[C@@H](N3CC(F)(F)C3)C2)C1. The van der Waals surface area contributed by atoms with Crippen molar-refractivity contribution in [2.75, 3.05) is 46.3 Å². The molecule has 0 N–H and O–H groups in total. The van der Waals surface area contributed by atoms with Crippen LogP contribution < -0.4 is 0 Å². The maximum absolute atomic E-state index is 12.9. The molecule has 0 aromatic heterocycles. The standard InChI is InChI=1S/C13H21F2N3O/c1-16-4-2-10(6-16)12(19)17-5-3-11(7-17)18-8-13(14,15)9-18/h10-11H,2-9H2,1H3/t10?,11-/m1/s1. The summed E-state index contributed by atoms with van der Waals surface area (Å²) < 4.78 is 25.7. The smallest absolute Gasteiger partial charge is 0.272 e. The van der Waals surface area contributed by atoms with Gasteiger partial charge in [-0.25, -0.2) is 8.78 Å². The molecule has 3 aliphatic heterocycles. The van der Waals surface area contributed by atoms with E-state index < -0.39 is 5.92 Å². The fourth-order valence-electron chi connectivity index (χ4n) is 3.44. The Bertz CT molecular complexity index is 369. The highest BCUT2D eigenvalue weighted by Crippen LogP contribution is 2.32. The van der Waals surface area contributed by atoms with E-state index in [1.807, 2.05) is 16.8 Å². The lowest BCUT2D eigenvalue weighted by molar-refractivity contribution is -0.146. The molecule has 1 unspecified atom stereocenters. The molecule has 0 spiro atoms. The normalized spacial score (nSPS) is 35.6. The first-order chi connectivity index (χ1) is 8.94. The summed E-state index contributed by atoms with van der Waals surface area (Å²) in [7, 11) is 2.03. The molecular weight excluding hydrogens is 252 g/mol. The van der Waals surface area contributed by atoms with E-state index in [1.54, 1.807) is 0 Å². The average molecular weight is 273 g/mol. The molecule has 0 saturated carbocycles. The molecule has 19 heavy (non-hydrogen) atoms. The van der Waals surface area contributed by atoms with Crippen molar-refractivity contribution >= 4 is 5.91 Å². The predicted octanol–water partition coefficient (Wildman–Crippen LogP) is 0.490. The molecule has 1 amide bonds. The lowest BCUT2D eigenvalue weighted by Crippen LogP contribution is -2.60. The minimum Gasteiger partial charge on any atom is -0.341 e. The van der Waals surface area contributed by atoms with Gasteiger partial charge in [-0.3, -0.25) is 9.69 Å². The van der Waals surface area contributed by atoms with Crippen molar-refractivity contribution in [3.63, 3.8) is 0 Å². The van der Waals surface area contributed by atoms with Gasteiger partial charge >= 0.3 is 0 Å². The summed E-state index contributed by atoms with van der Waals surface area (Å²) in [5, 5.41) is 0. The number of carbonyl (C=O) groups is 1.